The fraction of sp³-hybridized carbons (Fsp3) is 0.269. The molecule has 0 spiro atoms. The van der Waals surface area contributed by atoms with Crippen LogP contribution in [0.15, 0.2) is 90.1 Å². The highest BCUT2D eigenvalue weighted by atomic mass is 35.5. The molecule has 0 saturated carbocycles. The Morgan fingerprint density at radius 1 is 0.900 bits per heavy atom. The zero-order valence-corrected chi connectivity index (χ0v) is 18.2. The molecular weight excluding hydrogens is 392 g/mol. The Balaban J connectivity index is 1.62. The lowest BCUT2D eigenvalue weighted by atomic mass is 9.80. The van der Waals surface area contributed by atoms with Crippen molar-refractivity contribution < 1.29 is 4.84 Å². The van der Waals surface area contributed by atoms with Gasteiger partial charge in [0.05, 0.1) is 5.71 Å². The summed E-state index contributed by atoms with van der Waals surface area (Å²) in [6.45, 7) is 2.62. The summed E-state index contributed by atoms with van der Waals surface area (Å²) in [5.41, 5.74) is 4.63. The molecule has 1 fully saturated rings. The molecule has 0 radical (unpaired) electrons. The van der Waals surface area contributed by atoms with Crippen LogP contribution in [0.25, 0.3) is 0 Å². The van der Waals surface area contributed by atoms with E-state index in [1.165, 1.54) is 11.1 Å². The first-order valence-electron chi connectivity index (χ1n) is 10.4. The summed E-state index contributed by atoms with van der Waals surface area (Å²) in [5.74, 6) is 0.239. The second-order valence-electron chi connectivity index (χ2n) is 7.89. The summed E-state index contributed by atoms with van der Waals surface area (Å²) in [6, 6.07) is 29.5. The molecule has 3 aromatic rings. The van der Waals surface area contributed by atoms with Crippen molar-refractivity contribution in [2.24, 2.45) is 11.1 Å². The van der Waals surface area contributed by atoms with Crippen LogP contribution >= 0.6 is 11.6 Å². The Labute approximate surface area is 183 Å². The minimum absolute atomic E-state index is 0.229. The molecule has 4 heteroatoms. The van der Waals surface area contributed by atoms with Crippen molar-refractivity contribution >= 4 is 17.3 Å². The van der Waals surface area contributed by atoms with E-state index in [-0.39, 0.29) is 18.0 Å². The highest BCUT2D eigenvalue weighted by Crippen LogP contribution is 2.42. The van der Waals surface area contributed by atoms with Gasteiger partial charge in [0, 0.05) is 35.0 Å². The van der Waals surface area contributed by atoms with Crippen LogP contribution in [-0.4, -0.2) is 17.7 Å². The zero-order chi connectivity index (χ0) is 20.9. The predicted octanol–water partition coefficient (Wildman–Crippen LogP) is 6.67. The third kappa shape index (κ3) is 4.43. The Morgan fingerprint density at radius 2 is 1.50 bits per heavy atom. The summed E-state index contributed by atoms with van der Waals surface area (Å²) in [4.78, 5) is 8.27. The average molecular weight is 419 g/mol. The Bertz CT molecular complexity index is 990. The molecule has 0 N–H and O–H groups in total. The van der Waals surface area contributed by atoms with Crippen molar-refractivity contribution in [2.45, 2.75) is 32.0 Å². The number of nitrogens with zero attached hydrogens (tertiary/aromatic N) is 2. The first-order chi connectivity index (χ1) is 14.6. The molecule has 1 aliphatic heterocycles. The van der Waals surface area contributed by atoms with Crippen LogP contribution in [0.3, 0.4) is 0 Å². The van der Waals surface area contributed by atoms with Gasteiger partial charge in [0.2, 0.25) is 0 Å². The van der Waals surface area contributed by atoms with Gasteiger partial charge in [0.15, 0.2) is 0 Å². The number of piperidine rings is 1. The lowest BCUT2D eigenvalue weighted by Gasteiger charge is -2.44. The van der Waals surface area contributed by atoms with Gasteiger partial charge in [0.25, 0.3) is 0 Å². The second-order valence-corrected chi connectivity index (χ2v) is 8.29. The van der Waals surface area contributed by atoms with Crippen LogP contribution in [0.4, 0.5) is 0 Å². The Kier molecular flexibility index (Phi) is 6.51. The lowest BCUT2D eigenvalue weighted by Crippen LogP contribution is -2.42. The van der Waals surface area contributed by atoms with Crippen LogP contribution in [-0.2, 0) is 11.4 Å². The average Bonchev–Trinajstić information content (AvgIpc) is 2.78. The summed E-state index contributed by atoms with van der Waals surface area (Å²) in [5, 5.41) is 5.32. The Morgan fingerprint density at radius 3 is 2.17 bits per heavy atom. The molecule has 1 saturated heterocycles. The number of hydrogen-bond acceptors (Lipinski definition) is 3. The standard InChI is InChI=1S/C26H27ClN2O/c1-19-24(28-30-18-22-15-9-10-16-23(22)27)17-25(20-11-5-3-6-12-20)29(2)26(19)21-13-7-4-8-14-21/h3-16,19,25-26H,17-18H2,1-2H3. The molecular formula is C26H27ClN2O. The molecule has 1 aliphatic rings. The largest absolute Gasteiger partial charge is 0.391 e. The lowest BCUT2D eigenvalue weighted by molar-refractivity contribution is 0.105. The van der Waals surface area contributed by atoms with Crippen molar-refractivity contribution in [3.05, 3.63) is 107 Å². The molecule has 3 atom stereocenters. The molecule has 0 aliphatic carbocycles. The van der Waals surface area contributed by atoms with Gasteiger partial charge in [-0.2, -0.15) is 0 Å². The smallest absolute Gasteiger partial charge is 0.143 e. The van der Waals surface area contributed by atoms with Crippen molar-refractivity contribution in [1.82, 2.24) is 4.90 Å². The van der Waals surface area contributed by atoms with E-state index < -0.39 is 0 Å². The van der Waals surface area contributed by atoms with E-state index in [1.807, 2.05) is 24.3 Å². The molecule has 3 unspecified atom stereocenters. The van der Waals surface area contributed by atoms with Gasteiger partial charge in [-0.05, 0) is 24.2 Å². The number of hydrogen-bond donors (Lipinski definition) is 0. The maximum Gasteiger partial charge on any atom is 0.143 e. The summed E-state index contributed by atoms with van der Waals surface area (Å²) < 4.78 is 0. The van der Waals surface area contributed by atoms with Crippen molar-refractivity contribution in [3.8, 4) is 0 Å². The van der Waals surface area contributed by atoms with Gasteiger partial charge in [-0.3, -0.25) is 4.90 Å². The normalized spacial score (nSPS) is 23.4. The number of oxime groups is 1. The fourth-order valence-corrected chi connectivity index (χ4v) is 4.57. The van der Waals surface area contributed by atoms with E-state index in [1.54, 1.807) is 0 Å². The predicted molar refractivity (Wildman–Crippen MR) is 124 cm³/mol. The number of rotatable bonds is 5. The van der Waals surface area contributed by atoms with Gasteiger partial charge in [-0.15, -0.1) is 0 Å². The molecule has 4 rings (SSSR count). The first-order valence-corrected chi connectivity index (χ1v) is 10.8. The van der Waals surface area contributed by atoms with Crippen molar-refractivity contribution in [2.75, 3.05) is 7.05 Å². The zero-order valence-electron chi connectivity index (χ0n) is 17.4. The van der Waals surface area contributed by atoms with E-state index in [4.69, 9.17) is 16.4 Å². The Hall–Kier alpha value is -2.62. The fourth-order valence-electron chi connectivity index (χ4n) is 4.38. The van der Waals surface area contributed by atoms with Crippen LogP contribution in [0.1, 0.15) is 42.1 Å². The molecule has 0 amide bonds. The SMILES string of the molecule is CC1C(=NOCc2ccccc2Cl)CC(c2ccccc2)N(C)C1c1ccccc1. The van der Waals surface area contributed by atoms with E-state index >= 15 is 0 Å². The third-order valence-electron chi connectivity index (χ3n) is 6.02. The van der Waals surface area contributed by atoms with Gasteiger partial charge in [-0.1, -0.05) is 103 Å². The van der Waals surface area contributed by atoms with E-state index in [0.717, 1.165) is 17.7 Å². The van der Waals surface area contributed by atoms with E-state index in [9.17, 15) is 0 Å². The van der Waals surface area contributed by atoms with Gasteiger partial charge >= 0.3 is 0 Å². The van der Waals surface area contributed by atoms with Gasteiger partial charge in [-0.25, -0.2) is 0 Å². The highest BCUT2D eigenvalue weighted by Gasteiger charge is 2.38. The summed E-state index contributed by atoms with van der Waals surface area (Å²) >= 11 is 6.26. The molecule has 1 heterocycles. The first kappa shape index (κ1) is 20.6. The van der Waals surface area contributed by atoms with Crippen molar-refractivity contribution in [3.63, 3.8) is 0 Å². The number of likely N-dealkylation sites (tertiary alicyclic amines) is 1. The summed E-state index contributed by atoms with van der Waals surface area (Å²) in [6.07, 6.45) is 0.841. The molecule has 30 heavy (non-hydrogen) atoms. The third-order valence-corrected chi connectivity index (χ3v) is 6.39. The second kappa shape index (κ2) is 9.46. The van der Waals surface area contributed by atoms with Crippen LogP contribution in [0.2, 0.25) is 5.02 Å². The maximum absolute atomic E-state index is 6.26. The van der Waals surface area contributed by atoms with Crippen LogP contribution < -0.4 is 0 Å². The van der Waals surface area contributed by atoms with Gasteiger partial charge in [0.1, 0.15) is 6.61 Å². The monoisotopic (exact) mass is 418 g/mol. The number of benzene rings is 3. The molecule has 3 nitrogen and oxygen atoms in total. The minimum Gasteiger partial charge on any atom is -0.391 e. The van der Waals surface area contributed by atoms with E-state index in [2.05, 4.69) is 84.7 Å². The van der Waals surface area contributed by atoms with Gasteiger partial charge < -0.3 is 4.84 Å². The number of halogens is 1. The molecule has 154 valence electrons. The summed E-state index contributed by atoms with van der Waals surface area (Å²) in [7, 11) is 2.22. The molecule has 3 aromatic carbocycles. The molecule has 0 bridgehead atoms. The van der Waals surface area contributed by atoms with Crippen LogP contribution in [0.5, 0.6) is 0 Å². The van der Waals surface area contributed by atoms with Crippen molar-refractivity contribution in [1.29, 1.82) is 0 Å². The highest BCUT2D eigenvalue weighted by molar-refractivity contribution is 6.31. The quantitative estimate of drug-likeness (QED) is 0.432. The topological polar surface area (TPSA) is 24.8 Å². The van der Waals surface area contributed by atoms with Crippen LogP contribution in [0, 0.1) is 5.92 Å². The van der Waals surface area contributed by atoms with E-state index in [0.29, 0.717) is 11.6 Å². The minimum atomic E-state index is 0.229. The maximum atomic E-state index is 6.26. The molecule has 0 aromatic heterocycles.